The number of carbonyl (C=O) groups is 1. The molecule has 0 aliphatic heterocycles. The lowest BCUT2D eigenvalue weighted by molar-refractivity contribution is 0.0691. The molecule has 0 atom stereocenters. The van der Waals surface area contributed by atoms with Crippen LogP contribution in [-0.4, -0.2) is 19.5 Å². The van der Waals surface area contributed by atoms with Crippen molar-refractivity contribution in [3.63, 3.8) is 0 Å². The van der Waals surface area contributed by atoms with Crippen molar-refractivity contribution >= 4 is 33.3 Å². The molecule has 2 aromatic rings. The number of halogens is 2. The van der Waals surface area contributed by atoms with E-state index >= 15 is 0 Å². The maximum atomic E-state index is 13.3. The van der Waals surface area contributed by atoms with Gasteiger partial charge in [0.2, 0.25) is 0 Å². The fraction of sp³-hybridized carbons (Fsp3) is 0.0714. The highest BCUT2D eigenvalue weighted by molar-refractivity contribution is 7.92. The summed E-state index contributed by atoms with van der Waals surface area (Å²) in [6.07, 6.45) is 0. The van der Waals surface area contributed by atoms with E-state index in [1.165, 1.54) is 12.1 Å². The standard InChI is InChI=1S/C14H11ClFNO4S/c1-8-6-9(15)2-5-13(8)17-22(20,21)10-3-4-12(16)11(7-10)14(18)19/h2-7,17H,1H3,(H,18,19). The van der Waals surface area contributed by atoms with Gasteiger partial charge in [0.1, 0.15) is 5.82 Å². The lowest BCUT2D eigenvalue weighted by Gasteiger charge is -2.11. The van der Waals surface area contributed by atoms with Crippen molar-refractivity contribution in [3.8, 4) is 0 Å². The zero-order valence-corrected chi connectivity index (χ0v) is 12.9. The van der Waals surface area contributed by atoms with E-state index in [-0.39, 0.29) is 4.90 Å². The Bertz CT molecular complexity index is 852. The number of hydrogen-bond donors (Lipinski definition) is 2. The molecular formula is C14H11ClFNO4S. The fourth-order valence-electron chi connectivity index (χ4n) is 1.78. The van der Waals surface area contributed by atoms with E-state index in [9.17, 15) is 17.6 Å². The third-order valence-electron chi connectivity index (χ3n) is 2.91. The van der Waals surface area contributed by atoms with E-state index in [1.807, 2.05) is 0 Å². The Hall–Kier alpha value is -2.12. The van der Waals surface area contributed by atoms with Gasteiger partial charge in [0.25, 0.3) is 10.0 Å². The van der Waals surface area contributed by atoms with Crippen LogP contribution >= 0.6 is 11.6 Å². The summed E-state index contributed by atoms with van der Waals surface area (Å²) in [5.41, 5.74) is 0.179. The van der Waals surface area contributed by atoms with Gasteiger partial charge < -0.3 is 5.11 Å². The van der Waals surface area contributed by atoms with Crippen LogP contribution in [0.25, 0.3) is 0 Å². The number of carboxylic acid groups (broad SMARTS) is 1. The van der Waals surface area contributed by atoms with E-state index < -0.39 is 27.4 Å². The molecule has 2 rings (SSSR count). The Balaban J connectivity index is 2.42. The third-order valence-corrected chi connectivity index (χ3v) is 4.51. The van der Waals surface area contributed by atoms with Gasteiger partial charge in [-0.2, -0.15) is 0 Å². The SMILES string of the molecule is Cc1cc(Cl)ccc1NS(=O)(=O)c1ccc(F)c(C(=O)O)c1. The number of aryl methyl sites for hydroxylation is 1. The number of aromatic carboxylic acids is 1. The Labute approximate surface area is 131 Å². The lowest BCUT2D eigenvalue weighted by atomic mass is 10.2. The topological polar surface area (TPSA) is 83.5 Å². The number of hydrogen-bond acceptors (Lipinski definition) is 3. The molecule has 0 bridgehead atoms. The van der Waals surface area contributed by atoms with Crippen LogP contribution in [0.15, 0.2) is 41.3 Å². The zero-order chi connectivity index (χ0) is 16.5. The summed E-state index contributed by atoms with van der Waals surface area (Å²) in [4.78, 5) is 10.5. The van der Waals surface area contributed by atoms with Gasteiger partial charge in [-0.05, 0) is 48.9 Å². The maximum Gasteiger partial charge on any atom is 0.338 e. The van der Waals surface area contributed by atoms with E-state index in [4.69, 9.17) is 16.7 Å². The summed E-state index contributed by atoms with van der Waals surface area (Å²) >= 11 is 5.79. The molecule has 0 unspecified atom stereocenters. The summed E-state index contributed by atoms with van der Waals surface area (Å²) in [6, 6.07) is 7.14. The van der Waals surface area contributed by atoms with Crippen molar-refractivity contribution in [1.29, 1.82) is 0 Å². The van der Waals surface area contributed by atoms with Crippen LogP contribution in [0.3, 0.4) is 0 Å². The molecule has 116 valence electrons. The van der Waals surface area contributed by atoms with E-state index in [0.29, 0.717) is 16.3 Å². The Morgan fingerprint density at radius 1 is 1.23 bits per heavy atom. The summed E-state index contributed by atoms with van der Waals surface area (Å²) < 4.78 is 40.2. The van der Waals surface area contributed by atoms with Crippen LogP contribution in [0.4, 0.5) is 10.1 Å². The van der Waals surface area contributed by atoms with Crippen LogP contribution in [0.2, 0.25) is 5.02 Å². The molecule has 2 N–H and O–H groups in total. The number of sulfonamides is 1. The van der Waals surface area contributed by atoms with Crippen LogP contribution in [0.5, 0.6) is 0 Å². The minimum absolute atomic E-state index is 0.297. The smallest absolute Gasteiger partial charge is 0.338 e. The molecule has 22 heavy (non-hydrogen) atoms. The average molecular weight is 344 g/mol. The van der Waals surface area contributed by atoms with Gasteiger partial charge in [-0.25, -0.2) is 17.6 Å². The van der Waals surface area contributed by atoms with Crippen molar-refractivity contribution in [2.75, 3.05) is 4.72 Å². The Morgan fingerprint density at radius 3 is 2.50 bits per heavy atom. The predicted octanol–water partition coefficient (Wildman–Crippen LogP) is 3.29. The summed E-state index contributed by atoms with van der Waals surface area (Å²) in [5, 5.41) is 9.30. The largest absolute Gasteiger partial charge is 0.478 e. The lowest BCUT2D eigenvalue weighted by Crippen LogP contribution is -2.15. The number of anilines is 1. The molecule has 5 nitrogen and oxygen atoms in total. The molecule has 0 spiro atoms. The molecule has 0 amide bonds. The number of benzene rings is 2. The first-order chi connectivity index (χ1) is 10.2. The molecule has 0 radical (unpaired) electrons. The molecule has 0 saturated carbocycles. The summed E-state index contributed by atoms with van der Waals surface area (Å²) in [6.45, 7) is 1.66. The van der Waals surface area contributed by atoms with Crippen molar-refractivity contribution in [1.82, 2.24) is 0 Å². The molecule has 2 aromatic carbocycles. The molecule has 8 heteroatoms. The second-order valence-corrected chi connectivity index (χ2v) is 6.63. The van der Waals surface area contributed by atoms with Crippen molar-refractivity contribution < 1.29 is 22.7 Å². The molecule has 0 heterocycles. The molecule has 0 aliphatic carbocycles. The highest BCUT2D eigenvalue weighted by Crippen LogP contribution is 2.23. The van der Waals surface area contributed by atoms with Gasteiger partial charge >= 0.3 is 5.97 Å². The zero-order valence-electron chi connectivity index (χ0n) is 11.3. The highest BCUT2D eigenvalue weighted by Gasteiger charge is 2.19. The van der Waals surface area contributed by atoms with Gasteiger partial charge in [0.05, 0.1) is 16.1 Å². The van der Waals surface area contributed by atoms with Crippen LogP contribution in [0, 0.1) is 12.7 Å². The van der Waals surface area contributed by atoms with Crippen LogP contribution < -0.4 is 4.72 Å². The van der Waals surface area contributed by atoms with E-state index in [2.05, 4.69) is 4.72 Å². The molecule has 0 aliphatic rings. The van der Waals surface area contributed by atoms with Crippen molar-refractivity contribution in [3.05, 3.63) is 58.4 Å². The number of nitrogens with one attached hydrogen (secondary N) is 1. The first-order valence-electron chi connectivity index (χ1n) is 6.02. The summed E-state index contributed by atoms with van der Waals surface area (Å²) in [5.74, 6) is -2.55. The quantitative estimate of drug-likeness (QED) is 0.892. The normalized spacial score (nSPS) is 11.2. The number of rotatable bonds is 4. The van der Waals surface area contributed by atoms with Gasteiger partial charge in [-0.15, -0.1) is 0 Å². The van der Waals surface area contributed by atoms with Gasteiger partial charge in [-0.3, -0.25) is 4.72 Å². The summed E-state index contributed by atoms with van der Waals surface area (Å²) in [7, 11) is -4.04. The van der Waals surface area contributed by atoms with Crippen molar-refractivity contribution in [2.24, 2.45) is 0 Å². The second-order valence-electron chi connectivity index (χ2n) is 4.51. The monoisotopic (exact) mass is 343 g/mol. The Morgan fingerprint density at radius 2 is 1.91 bits per heavy atom. The molecule has 0 aromatic heterocycles. The van der Waals surface area contributed by atoms with E-state index in [1.54, 1.807) is 13.0 Å². The van der Waals surface area contributed by atoms with Gasteiger partial charge in [-0.1, -0.05) is 11.6 Å². The molecular weight excluding hydrogens is 333 g/mol. The molecule has 0 fully saturated rings. The van der Waals surface area contributed by atoms with Gasteiger partial charge in [0, 0.05) is 5.02 Å². The highest BCUT2D eigenvalue weighted by atomic mass is 35.5. The van der Waals surface area contributed by atoms with Crippen LogP contribution in [-0.2, 0) is 10.0 Å². The van der Waals surface area contributed by atoms with E-state index in [0.717, 1.165) is 18.2 Å². The number of carboxylic acids is 1. The second kappa shape index (κ2) is 5.94. The maximum absolute atomic E-state index is 13.3. The minimum Gasteiger partial charge on any atom is -0.478 e. The third kappa shape index (κ3) is 3.37. The minimum atomic E-state index is -4.04. The van der Waals surface area contributed by atoms with Crippen LogP contribution in [0.1, 0.15) is 15.9 Å². The van der Waals surface area contributed by atoms with Crippen molar-refractivity contribution in [2.45, 2.75) is 11.8 Å². The average Bonchev–Trinajstić information content (AvgIpc) is 2.42. The first-order valence-corrected chi connectivity index (χ1v) is 7.88. The first kappa shape index (κ1) is 16.3. The predicted molar refractivity (Wildman–Crippen MR) is 80.4 cm³/mol. The molecule has 0 saturated heterocycles. The Kier molecular flexibility index (Phi) is 4.39. The fourth-order valence-corrected chi connectivity index (χ4v) is 3.16. The van der Waals surface area contributed by atoms with Gasteiger partial charge in [0.15, 0.2) is 0 Å².